The molecular weight excluding hydrogens is 277 g/mol. The number of benzene rings is 1. The minimum absolute atomic E-state index is 0.152. The summed E-state index contributed by atoms with van der Waals surface area (Å²) in [6, 6.07) is 6.80. The van der Waals surface area contributed by atoms with Gasteiger partial charge in [0.05, 0.1) is 6.04 Å². The van der Waals surface area contributed by atoms with E-state index in [-0.39, 0.29) is 17.8 Å². The Morgan fingerprint density at radius 1 is 1.05 bits per heavy atom. The summed E-state index contributed by atoms with van der Waals surface area (Å²) < 4.78 is 13.1. The Kier molecular flexibility index (Phi) is 5.12. The van der Waals surface area contributed by atoms with Gasteiger partial charge in [-0.2, -0.15) is 0 Å². The molecule has 1 aliphatic carbocycles. The van der Waals surface area contributed by atoms with Crippen molar-refractivity contribution in [1.82, 2.24) is 4.90 Å². The summed E-state index contributed by atoms with van der Waals surface area (Å²) >= 11 is 0. The van der Waals surface area contributed by atoms with Gasteiger partial charge in [-0.25, -0.2) is 4.39 Å². The van der Waals surface area contributed by atoms with E-state index in [0.29, 0.717) is 6.42 Å². The van der Waals surface area contributed by atoms with Crippen molar-refractivity contribution in [2.75, 3.05) is 6.54 Å². The Balaban J connectivity index is 1.57. The fraction of sp³-hybridized carbons (Fsp3) is 0.632. The van der Waals surface area contributed by atoms with Crippen molar-refractivity contribution in [1.29, 1.82) is 0 Å². The normalized spacial score (nSPS) is 23.0. The molecule has 1 aromatic carbocycles. The highest BCUT2D eigenvalue weighted by Gasteiger charge is 2.30. The second-order valence-corrected chi connectivity index (χ2v) is 6.84. The standard InChI is InChI=1S/C19H26FNO/c20-17-11-9-16(10-12-17)18-7-4-14-21(18)19(22)13-8-15-5-2-1-3-6-15/h9-12,15,18H,1-8,13-14H2. The van der Waals surface area contributed by atoms with E-state index in [2.05, 4.69) is 0 Å². The topological polar surface area (TPSA) is 20.3 Å². The predicted octanol–water partition coefficient (Wildman–Crippen LogP) is 4.85. The van der Waals surface area contributed by atoms with Gasteiger partial charge in [0, 0.05) is 13.0 Å². The fourth-order valence-electron chi connectivity index (χ4n) is 4.04. The third-order valence-corrected chi connectivity index (χ3v) is 5.32. The second-order valence-electron chi connectivity index (χ2n) is 6.84. The average molecular weight is 303 g/mol. The average Bonchev–Trinajstić information content (AvgIpc) is 3.04. The number of halogens is 1. The summed E-state index contributed by atoms with van der Waals surface area (Å²) in [5.41, 5.74) is 1.07. The maximum Gasteiger partial charge on any atom is 0.223 e. The molecule has 22 heavy (non-hydrogen) atoms. The lowest BCUT2D eigenvalue weighted by Crippen LogP contribution is -2.30. The van der Waals surface area contributed by atoms with Gasteiger partial charge in [-0.3, -0.25) is 4.79 Å². The highest BCUT2D eigenvalue weighted by atomic mass is 19.1. The molecule has 120 valence electrons. The quantitative estimate of drug-likeness (QED) is 0.778. The number of hydrogen-bond acceptors (Lipinski definition) is 1. The molecule has 2 fully saturated rings. The summed E-state index contributed by atoms with van der Waals surface area (Å²) in [5.74, 6) is 0.832. The van der Waals surface area contributed by atoms with E-state index in [1.807, 2.05) is 17.0 Å². The van der Waals surface area contributed by atoms with Gasteiger partial charge < -0.3 is 4.90 Å². The molecule has 2 aliphatic rings. The van der Waals surface area contributed by atoms with Gasteiger partial charge in [0.25, 0.3) is 0 Å². The van der Waals surface area contributed by atoms with E-state index in [0.717, 1.165) is 37.3 Å². The lowest BCUT2D eigenvalue weighted by Gasteiger charge is -2.27. The molecule has 0 bridgehead atoms. The van der Waals surface area contributed by atoms with Crippen LogP contribution in [0, 0.1) is 11.7 Å². The molecule has 0 radical (unpaired) electrons. The SMILES string of the molecule is O=C(CCC1CCCCC1)N1CCCC1c1ccc(F)cc1. The van der Waals surface area contributed by atoms with E-state index >= 15 is 0 Å². The Bertz CT molecular complexity index is 493. The first-order valence-corrected chi connectivity index (χ1v) is 8.79. The Morgan fingerprint density at radius 3 is 2.50 bits per heavy atom. The van der Waals surface area contributed by atoms with Gasteiger partial charge in [-0.1, -0.05) is 44.2 Å². The molecule has 2 nitrogen and oxygen atoms in total. The zero-order valence-corrected chi connectivity index (χ0v) is 13.3. The van der Waals surface area contributed by atoms with Crippen LogP contribution in [0.15, 0.2) is 24.3 Å². The Morgan fingerprint density at radius 2 is 1.77 bits per heavy atom. The second kappa shape index (κ2) is 7.26. The number of amides is 1. The molecule has 1 atom stereocenters. The maximum absolute atomic E-state index is 13.1. The zero-order chi connectivity index (χ0) is 15.4. The summed E-state index contributed by atoms with van der Waals surface area (Å²) in [4.78, 5) is 14.6. The van der Waals surface area contributed by atoms with Gasteiger partial charge in [-0.15, -0.1) is 0 Å². The van der Waals surface area contributed by atoms with Crippen LogP contribution in [0.2, 0.25) is 0 Å². The van der Waals surface area contributed by atoms with Crippen LogP contribution < -0.4 is 0 Å². The van der Waals surface area contributed by atoms with Crippen LogP contribution in [-0.2, 0) is 4.79 Å². The molecule has 1 heterocycles. The van der Waals surface area contributed by atoms with Crippen molar-refractivity contribution < 1.29 is 9.18 Å². The minimum atomic E-state index is -0.211. The molecule has 0 aromatic heterocycles. The van der Waals surface area contributed by atoms with Crippen LogP contribution in [-0.4, -0.2) is 17.4 Å². The minimum Gasteiger partial charge on any atom is -0.336 e. The third kappa shape index (κ3) is 3.68. The fourth-order valence-corrected chi connectivity index (χ4v) is 4.04. The molecule has 1 saturated heterocycles. The molecule has 3 rings (SSSR count). The third-order valence-electron chi connectivity index (χ3n) is 5.32. The van der Waals surface area contributed by atoms with Crippen molar-refractivity contribution in [2.24, 2.45) is 5.92 Å². The van der Waals surface area contributed by atoms with Crippen LogP contribution in [0.5, 0.6) is 0 Å². The highest BCUT2D eigenvalue weighted by molar-refractivity contribution is 5.77. The summed E-state index contributed by atoms with van der Waals surface area (Å²) in [6.45, 7) is 0.853. The first kappa shape index (κ1) is 15.5. The molecule has 1 aromatic rings. The van der Waals surface area contributed by atoms with Crippen LogP contribution in [0.1, 0.15) is 69.4 Å². The number of likely N-dealkylation sites (tertiary alicyclic amines) is 1. The Hall–Kier alpha value is -1.38. The molecule has 1 amide bonds. The summed E-state index contributed by atoms with van der Waals surface area (Å²) in [6.07, 6.45) is 10.4. The van der Waals surface area contributed by atoms with Gasteiger partial charge in [0.2, 0.25) is 5.91 Å². The smallest absolute Gasteiger partial charge is 0.223 e. The molecule has 0 spiro atoms. The van der Waals surface area contributed by atoms with E-state index in [9.17, 15) is 9.18 Å². The van der Waals surface area contributed by atoms with E-state index in [1.165, 1.54) is 44.2 Å². The molecule has 0 N–H and O–H groups in total. The largest absolute Gasteiger partial charge is 0.336 e. The van der Waals surface area contributed by atoms with Gasteiger partial charge in [-0.05, 0) is 42.9 Å². The number of rotatable bonds is 4. The van der Waals surface area contributed by atoms with Gasteiger partial charge >= 0.3 is 0 Å². The lowest BCUT2D eigenvalue weighted by atomic mass is 9.86. The van der Waals surface area contributed by atoms with Crippen molar-refractivity contribution >= 4 is 5.91 Å². The van der Waals surface area contributed by atoms with Crippen LogP contribution >= 0.6 is 0 Å². The molecular formula is C19H26FNO. The van der Waals surface area contributed by atoms with Crippen LogP contribution in [0.4, 0.5) is 4.39 Å². The zero-order valence-electron chi connectivity index (χ0n) is 13.3. The molecule has 3 heteroatoms. The van der Waals surface area contributed by atoms with Crippen molar-refractivity contribution in [3.8, 4) is 0 Å². The van der Waals surface area contributed by atoms with Crippen molar-refractivity contribution in [3.05, 3.63) is 35.6 Å². The van der Waals surface area contributed by atoms with Crippen LogP contribution in [0.25, 0.3) is 0 Å². The van der Waals surface area contributed by atoms with Crippen molar-refractivity contribution in [2.45, 2.75) is 63.8 Å². The van der Waals surface area contributed by atoms with Crippen LogP contribution in [0.3, 0.4) is 0 Å². The van der Waals surface area contributed by atoms with E-state index < -0.39 is 0 Å². The van der Waals surface area contributed by atoms with E-state index in [1.54, 1.807) is 0 Å². The van der Waals surface area contributed by atoms with Gasteiger partial charge in [0.1, 0.15) is 5.82 Å². The van der Waals surface area contributed by atoms with E-state index in [4.69, 9.17) is 0 Å². The number of nitrogens with zero attached hydrogens (tertiary/aromatic N) is 1. The predicted molar refractivity (Wildman–Crippen MR) is 85.9 cm³/mol. The molecule has 1 saturated carbocycles. The van der Waals surface area contributed by atoms with Crippen molar-refractivity contribution in [3.63, 3.8) is 0 Å². The highest BCUT2D eigenvalue weighted by Crippen LogP contribution is 2.34. The molecule has 1 unspecified atom stereocenters. The first-order chi connectivity index (χ1) is 10.7. The van der Waals surface area contributed by atoms with Gasteiger partial charge in [0.15, 0.2) is 0 Å². The first-order valence-electron chi connectivity index (χ1n) is 8.79. The number of carbonyl (C=O) groups is 1. The number of hydrogen-bond donors (Lipinski definition) is 0. The Labute approximate surface area is 132 Å². The number of carbonyl (C=O) groups excluding carboxylic acids is 1. The monoisotopic (exact) mass is 303 g/mol. The molecule has 1 aliphatic heterocycles. The lowest BCUT2D eigenvalue weighted by molar-refractivity contribution is -0.132. The summed E-state index contributed by atoms with van der Waals surface area (Å²) in [7, 11) is 0. The maximum atomic E-state index is 13.1. The summed E-state index contributed by atoms with van der Waals surface area (Å²) in [5, 5.41) is 0.